The third-order valence-electron chi connectivity index (χ3n) is 5.02. The second-order valence-corrected chi connectivity index (χ2v) is 11.7. The standard InChI is InChI=1S/C17H18ClN3O4S3/c18-12-6-7-13(27-12)28(24,25)21-8-2-4-10(21)16(23)20-17-14(15(19)22)9-3-1-5-11(9)26-17/h6-7,10H,1-5,8H2,(H2,19,22)(H,20,23)/t10-/m0/s1. The number of fused-ring (bicyclic) bond motifs is 1. The van der Waals surface area contributed by atoms with Gasteiger partial charge in [0.25, 0.3) is 15.9 Å². The predicted molar refractivity (Wildman–Crippen MR) is 110 cm³/mol. The maximum absolute atomic E-state index is 12.9. The average Bonchev–Trinajstić information content (AvgIpc) is 3.37. The van der Waals surface area contributed by atoms with Crippen LogP contribution in [0.3, 0.4) is 0 Å². The van der Waals surface area contributed by atoms with Gasteiger partial charge in [0.15, 0.2) is 0 Å². The number of nitrogens with zero attached hydrogens (tertiary/aromatic N) is 1. The number of anilines is 1. The van der Waals surface area contributed by atoms with Crippen molar-refractivity contribution < 1.29 is 18.0 Å². The molecule has 2 aliphatic rings. The molecule has 28 heavy (non-hydrogen) atoms. The smallest absolute Gasteiger partial charge is 0.253 e. The number of nitrogens with two attached hydrogens (primary N) is 1. The molecule has 1 atom stereocenters. The van der Waals surface area contributed by atoms with Gasteiger partial charge in [0.1, 0.15) is 15.3 Å². The summed E-state index contributed by atoms with van der Waals surface area (Å²) in [5.74, 6) is -1.01. The number of amides is 2. The molecule has 3 N–H and O–H groups in total. The van der Waals surface area contributed by atoms with E-state index in [4.69, 9.17) is 17.3 Å². The quantitative estimate of drug-likeness (QED) is 0.716. The predicted octanol–water partition coefficient (Wildman–Crippen LogP) is 2.84. The third kappa shape index (κ3) is 3.37. The second-order valence-electron chi connectivity index (χ2n) is 6.75. The van der Waals surface area contributed by atoms with Crippen LogP contribution in [0, 0.1) is 0 Å². The number of nitrogens with one attached hydrogen (secondary N) is 1. The molecule has 7 nitrogen and oxygen atoms in total. The Morgan fingerprint density at radius 3 is 2.68 bits per heavy atom. The molecule has 3 heterocycles. The lowest BCUT2D eigenvalue weighted by Crippen LogP contribution is -2.43. The van der Waals surface area contributed by atoms with Gasteiger partial charge in [-0.3, -0.25) is 9.59 Å². The summed E-state index contributed by atoms with van der Waals surface area (Å²) in [6, 6.07) is 2.14. The number of carbonyl (C=O) groups is 2. The van der Waals surface area contributed by atoms with Gasteiger partial charge in [0, 0.05) is 11.4 Å². The maximum atomic E-state index is 12.9. The second kappa shape index (κ2) is 7.42. The van der Waals surface area contributed by atoms with Crippen molar-refractivity contribution in [2.75, 3.05) is 11.9 Å². The lowest BCUT2D eigenvalue weighted by atomic mass is 10.1. The van der Waals surface area contributed by atoms with Crippen molar-refractivity contribution in [3.63, 3.8) is 0 Å². The summed E-state index contributed by atoms with van der Waals surface area (Å²) >= 11 is 8.20. The number of rotatable bonds is 5. The molecule has 0 radical (unpaired) electrons. The van der Waals surface area contributed by atoms with E-state index in [1.54, 1.807) is 0 Å². The van der Waals surface area contributed by atoms with Gasteiger partial charge >= 0.3 is 0 Å². The lowest BCUT2D eigenvalue weighted by molar-refractivity contribution is -0.119. The zero-order chi connectivity index (χ0) is 20.1. The number of halogens is 1. The monoisotopic (exact) mass is 459 g/mol. The Labute approximate surface area is 175 Å². The van der Waals surface area contributed by atoms with Gasteiger partial charge in [0.2, 0.25) is 5.91 Å². The van der Waals surface area contributed by atoms with Crippen LogP contribution in [0.4, 0.5) is 5.00 Å². The lowest BCUT2D eigenvalue weighted by Gasteiger charge is -2.22. The Morgan fingerprint density at radius 1 is 1.21 bits per heavy atom. The van der Waals surface area contributed by atoms with Crippen molar-refractivity contribution in [2.45, 2.75) is 42.4 Å². The molecule has 0 saturated carbocycles. The normalized spacial score (nSPS) is 19.7. The van der Waals surface area contributed by atoms with Crippen LogP contribution in [0.2, 0.25) is 4.34 Å². The van der Waals surface area contributed by atoms with E-state index in [9.17, 15) is 18.0 Å². The van der Waals surface area contributed by atoms with Crippen LogP contribution in [0.1, 0.15) is 40.1 Å². The Bertz CT molecular complexity index is 1060. The van der Waals surface area contributed by atoms with Crippen LogP contribution in [0.15, 0.2) is 16.3 Å². The molecular formula is C17H18ClN3O4S3. The van der Waals surface area contributed by atoms with Crippen molar-refractivity contribution in [3.8, 4) is 0 Å². The number of hydrogen-bond donors (Lipinski definition) is 2. The maximum Gasteiger partial charge on any atom is 0.253 e. The zero-order valence-corrected chi connectivity index (χ0v) is 17.9. The fourth-order valence-electron chi connectivity index (χ4n) is 3.79. The van der Waals surface area contributed by atoms with Crippen molar-refractivity contribution in [1.82, 2.24) is 4.31 Å². The minimum absolute atomic E-state index is 0.116. The first-order valence-electron chi connectivity index (χ1n) is 8.81. The summed E-state index contributed by atoms with van der Waals surface area (Å²) in [6.07, 6.45) is 3.59. The van der Waals surface area contributed by atoms with E-state index in [0.717, 1.165) is 41.0 Å². The summed E-state index contributed by atoms with van der Waals surface area (Å²) in [5, 5.41) is 3.19. The summed E-state index contributed by atoms with van der Waals surface area (Å²) in [4.78, 5) is 25.9. The highest BCUT2D eigenvalue weighted by atomic mass is 35.5. The van der Waals surface area contributed by atoms with Gasteiger partial charge < -0.3 is 11.1 Å². The van der Waals surface area contributed by atoms with Crippen LogP contribution in [0.25, 0.3) is 0 Å². The third-order valence-corrected chi connectivity index (χ3v) is 9.84. The van der Waals surface area contributed by atoms with Gasteiger partial charge in [-0.2, -0.15) is 4.31 Å². The summed E-state index contributed by atoms with van der Waals surface area (Å²) < 4.78 is 27.6. The molecule has 0 spiro atoms. The van der Waals surface area contributed by atoms with Gasteiger partial charge in [-0.05, 0) is 49.8 Å². The fraction of sp³-hybridized carbons (Fsp3) is 0.412. The first-order valence-corrected chi connectivity index (χ1v) is 12.3. The number of hydrogen-bond acceptors (Lipinski definition) is 6. The van der Waals surface area contributed by atoms with Crippen molar-refractivity contribution in [1.29, 1.82) is 0 Å². The molecule has 2 amide bonds. The minimum Gasteiger partial charge on any atom is -0.365 e. The molecule has 2 aromatic heterocycles. The molecule has 1 saturated heterocycles. The molecule has 150 valence electrons. The SMILES string of the molecule is NC(=O)c1c(NC(=O)[C@@H]2CCCN2S(=O)(=O)c2ccc(Cl)s2)sc2c1CCC2. The Morgan fingerprint density at radius 2 is 2.00 bits per heavy atom. The van der Waals surface area contributed by atoms with Crippen molar-refractivity contribution in [2.24, 2.45) is 5.73 Å². The Balaban J connectivity index is 1.59. The van der Waals surface area contributed by atoms with E-state index in [-0.39, 0.29) is 10.8 Å². The highest BCUT2D eigenvalue weighted by Crippen LogP contribution is 2.39. The van der Waals surface area contributed by atoms with Gasteiger partial charge in [-0.15, -0.1) is 22.7 Å². The fourth-order valence-corrected chi connectivity index (χ4v) is 8.36. The molecule has 4 rings (SSSR count). The van der Waals surface area contributed by atoms with E-state index in [1.165, 1.54) is 27.8 Å². The van der Waals surface area contributed by atoms with Crippen LogP contribution in [-0.2, 0) is 27.7 Å². The summed E-state index contributed by atoms with van der Waals surface area (Å²) in [7, 11) is -3.81. The van der Waals surface area contributed by atoms with E-state index < -0.39 is 27.9 Å². The van der Waals surface area contributed by atoms with Crippen LogP contribution in [0.5, 0.6) is 0 Å². The highest BCUT2D eigenvalue weighted by Gasteiger charge is 2.40. The highest BCUT2D eigenvalue weighted by molar-refractivity contribution is 7.91. The summed E-state index contributed by atoms with van der Waals surface area (Å²) in [5.41, 5.74) is 6.81. The number of thiophene rings is 2. The number of carbonyl (C=O) groups excluding carboxylic acids is 2. The van der Waals surface area contributed by atoms with Crippen molar-refractivity contribution >= 4 is 61.1 Å². The van der Waals surface area contributed by atoms with Crippen molar-refractivity contribution in [3.05, 3.63) is 32.5 Å². The van der Waals surface area contributed by atoms with Crippen LogP contribution < -0.4 is 11.1 Å². The Kier molecular flexibility index (Phi) is 5.25. The van der Waals surface area contributed by atoms with Crippen LogP contribution in [-0.4, -0.2) is 37.1 Å². The van der Waals surface area contributed by atoms with Gasteiger partial charge in [-0.1, -0.05) is 11.6 Å². The number of primary amides is 1. The van der Waals surface area contributed by atoms with E-state index in [2.05, 4.69) is 5.32 Å². The number of aryl methyl sites for hydroxylation is 1. The summed E-state index contributed by atoms with van der Waals surface area (Å²) in [6.45, 7) is 0.263. The van der Waals surface area contributed by atoms with Crippen LogP contribution >= 0.6 is 34.3 Å². The molecule has 1 fully saturated rings. The molecule has 0 bridgehead atoms. The molecule has 0 aromatic carbocycles. The van der Waals surface area contributed by atoms with Gasteiger partial charge in [0.05, 0.1) is 9.90 Å². The minimum atomic E-state index is -3.81. The Hall–Kier alpha value is -1.46. The zero-order valence-electron chi connectivity index (χ0n) is 14.7. The molecule has 2 aromatic rings. The number of sulfonamides is 1. The molecule has 1 aliphatic carbocycles. The first kappa shape index (κ1) is 19.8. The van der Waals surface area contributed by atoms with Gasteiger partial charge in [-0.25, -0.2) is 8.42 Å². The molecule has 11 heteroatoms. The van der Waals surface area contributed by atoms with E-state index in [1.807, 2.05) is 0 Å². The molecule has 1 aliphatic heterocycles. The first-order chi connectivity index (χ1) is 13.3. The topological polar surface area (TPSA) is 110 Å². The van der Waals surface area contributed by atoms with E-state index >= 15 is 0 Å². The largest absolute Gasteiger partial charge is 0.365 e. The average molecular weight is 460 g/mol. The van der Waals surface area contributed by atoms with E-state index in [0.29, 0.717) is 27.7 Å². The molecular weight excluding hydrogens is 442 g/mol. The molecule has 0 unspecified atom stereocenters.